The van der Waals surface area contributed by atoms with Crippen LogP contribution in [0.3, 0.4) is 0 Å². The Morgan fingerprint density at radius 2 is 1.95 bits per heavy atom. The smallest absolute Gasteiger partial charge is 0.243 e. The fourth-order valence-electron chi connectivity index (χ4n) is 2.31. The Morgan fingerprint density at radius 1 is 1.32 bits per heavy atom. The third-order valence-electron chi connectivity index (χ3n) is 3.57. The van der Waals surface area contributed by atoms with Crippen LogP contribution in [0.2, 0.25) is 5.02 Å². The minimum atomic E-state index is -3.45. The molecule has 0 aliphatic carbocycles. The maximum absolute atomic E-state index is 12.6. The topological polar surface area (TPSA) is 46.6 Å². The summed E-state index contributed by atoms with van der Waals surface area (Å²) in [4.78, 5) is 0.302. The van der Waals surface area contributed by atoms with Crippen LogP contribution in [0.4, 0.5) is 0 Å². The first-order valence-corrected chi connectivity index (χ1v) is 8.06. The number of sulfonamides is 1. The van der Waals surface area contributed by atoms with Crippen LogP contribution >= 0.6 is 11.6 Å². The number of hydrogen-bond donors (Lipinski definition) is 0. The van der Waals surface area contributed by atoms with Crippen molar-refractivity contribution in [1.82, 2.24) is 4.31 Å². The van der Waals surface area contributed by atoms with E-state index in [9.17, 15) is 8.42 Å². The molecule has 1 saturated heterocycles. The fourth-order valence-corrected chi connectivity index (χ4v) is 4.26. The number of rotatable bonds is 3. The Labute approximate surface area is 119 Å². The summed E-state index contributed by atoms with van der Waals surface area (Å²) in [6.07, 6.45) is 1.62. The molecule has 6 heteroatoms. The van der Waals surface area contributed by atoms with Gasteiger partial charge in [0.25, 0.3) is 0 Å². The predicted molar refractivity (Wildman–Crippen MR) is 75.0 cm³/mol. The minimum Gasteiger partial charge on any atom is -0.381 e. The molecule has 1 aliphatic rings. The van der Waals surface area contributed by atoms with Crippen LogP contribution in [-0.4, -0.2) is 39.0 Å². The van der Waals surface area contributed by atoms with Gasteiger partial charge in [0.1, 0.15) is 0 Å². The zero-order valence-electron chi connectivity index (χ0n) is 11.1. The molecule has 1 aromatic carbocycles. The maximum atomic E-state index is 12.6. The van der Waals surface area contributed by atoms with Gasteiger partial charge >= 0.3 is 0 Å². The second kappa shape index (κ2) is 5.79. The molecular weight excluding hydrogens is 286 g/mol. The van der Waals surface area contributed by atoms with Gasteiger partial charge in [-0.25, -0.2) is 8.42 Å². The standard InChI is InChI=1S/C13H18ClNO3S/c1-10-12(14)4-3-5-13(10)19(16,17)15-8-6-11(18-2)7-9-15/h3-5,11H,6-9H2,1-2H3. The highest BCUT2D eigenvalue weighted by Crippen LogP contribution is 2.27. The maximum Gasteiger partial charge on any atom is 0.243 e. The number of ether oxygens (including phenoxy) is 1. The van der Waals surface area contributed by atoms with Gasteiger partial charge in [-0.2, -0.15) is 4.31 Å². The first-order chi connectivity index (χ1) is 8.96. The largest absolute Gasteiger partial charge is 0.381 e. The zero-order chi connectivity index (χ0) is 14.0. The molecule has 2 rings (SSSR count). The molecule has 1 heterocycles. The van der Waals surface area contributed by atoms with Gasteiger partial charge in [-0.05, 0) is 37.5 Å². The van der Waals surface area contributed by atoms with Crippen molar-refractivity contribution < 1.29 is 13.2 Å². The molecule has 0 atom stereocenters. The number of methoxy groups -OCH3 is 1. The highest BCUT2D eigenvalue weighted by Gasteiger charge is 2.30. The summed E-state index contributed by atoms with van der Waals surface area (Å²) in [5.74, 6) is 0. The van der Waals surface area contributed by atoms with Crippen molar-refractivity contribution >= 4 is 21.6 Å². The van der Waals surface area contributed by atoms with Gasteiger partial charge in [-0.1, -0.05) is 17.7 Å². The van der Waals surface area contributed by atoms with Crippen LogP contribution in [0.15, 0.2) is 23.1 Å². The number of benzene rings is 1. The summed E-state index contributed by atoms with van der Waals surface area (Å²) in [5, 5.41) is 0.479. The SMILES string of the molecule is COC1CCN(S(=O)(=O)c2cccc(Cl)c2C)CC1. The Morgan fingerprint density at radius 3 is 2.53 bits per heavy atom. The quantitative estimate of drug-likeness (QED) is 0.861. The van der Waals surface area contributed by atoms with Gasteiger partial charge in [-0.3, -0.25) is 0 Å². The number of nitrogens with zero attached hydrogens (tertiary/aromatic N) is 1. The van der Waals surface area contributed by atoms with Crippen LogP contribution in [-0.2, 0) is 14.8 Å². The molecule has 0 aromatic heterocycles. The van der Waals surface area contributed by atoms with Crippen LogP contribution in [0.1, 0.15) is 18.4 Å². The van der Waals surface area contributed by atoms with E-state index in [2.05, 4.69) is 0 Å². The highest BCUT2D eigenvalue weighted by molar-refractivity contribution is 7.89. The number of halogens is 1. The molecule has 19 heavy (non-hydrogen) atoms. The summed E-state index contributed by atoms with van der Waals surface area (Å²) in [6.45, 7) is 2.72. The molecule has 106 valence electrons. The highest BCUT2D eigenvalue weighted by atomic mass is 35.5. The van der Waals surface area contributed by atoms with Gasteiger partial charge in [0.15, 0.2) is 0 Å². The fraction of sp³-hybridized carbons (Fsp3) is 0.538. The Bertz CT molecular complexity index is 551. The van der Waals surface area contributed by atoms with Gasteiger partial charge in [0.2, 0.25) is 10.0 Å². The summed E-state index contributed by atoms with van der Waals surface area (Å²) in [6, 6.07) is 4.98. The molecule has 1 fully saturated rings. The first-order valence-electron chi connectivity index (χ1n) is 6.25. The Kier molecular flexibility index (Phi) is 4.50. The summed E-state index contributed by atoms with van der Waals surface area (Å²) < 4.78 is 31.9. The van der Waals surface area contributed by atoms with Crippen molar-refractivity contribution in [2.75, 3.05) is 20.2 Å². The van der Waals surface area contributed by atoms with E-state index < -0.39 is 10.0 Å². The van der Waals surface area contributed by atoms with E-state index in [1.807, 2.05) is 0 Å². The van der Waals surface area contributed by atoms with E-state index in [1.165, 1.54) is 4.31 Å². The van der Waals surface area contributed by atoms with Crippen LogP contribution < -0.4 is 0 Å². The number of hydrogen-bond acceptors (Lipinski definition) is 3. The molecule has 0 saturated carbocycles. The van der Waals surface area contributed by atoms with E-state index in [-0.39, 0.29) is 6.10 Å². The average molecular weight is 304 g/mol. The lowest BCUT2D eigenvalue weighted by atomic mass is 10.1. The third-order valence-corrected chi connectivity index (χ3v) is 6.02. The van der Waals surface area contributed by atoms with Gasteiger partial charge in [-0.15, -0.1) is 0 Å². The lowest BCUT2D eigenvalue weighted by molar-refractivity contribution is 0.0604. The van der Waals surface area contributed by atoms with Gasteiger partial charge < -0.3 is 4.74 Å². The lowest BCUT2D eigenvalue weighted by Crippen LogP contribution is -2.40. The molecule has 0 unspecified atom stereocenters. The van der Waals surface area contributed by atoms with Crippen LogP contribution in [0.5, 0.6) is 0 Å². The molecule has 1 aliphatic heterocycles. The van der Waals surface area contributed by atoms with Gasteiger partial charge in [0.05, 0.1) is 11.0 Å². The monoisotopic (exact) mass is 303 g/mol. The summed E-state index contributed by atoms with van der Waals surface area (Å²) in [7, 11) is -1.79. The molecule has 1 aromatic rings. The van der Waals surface area contributed by atoms with Crippen molar-refractivity contribution in [2.45, 2.75) is 30.8 Å². The van der Waals surface area contributed by atoms with Crippen molar-refractivity contribution in [1.29, 1.82) is 0 Å². The van der Waals surface area contributed by atoms with E-state index >= 15 is 0 Å². The van der Waals surface area contributed by atoms with Crippen LogP contribution in [0, 0.1) is 6.92 Å². The Balaban J connectivity index is 2.26. The second-order valence-electron chi connectivity index (χ2n) is 4.70. The third kappa shape index (κ3) is 2.94. The first kappa shape index (κ1) is 14.8. The normalized spacial score (nSPS) is 18.7. The van der Waals surface area contributed by atoms with E-state index in [0.29, 0.717) is 28.6 Å². The lowest BCUT2D eigenvalue weighted by Gasteiger charge is -2.30. The van der Waals surface area contributed by atoms with Crippen molar-refractivity contribution in [3.8, 4) is 0 Å². The average Bonchev–Trinajstić information content (AvgIpc) is 2.41. The second-order valence-corrected chi connectivity index (χ2v) is 7.02. The molecule has 0 amide bonds. The van der Waals surface area contributed by atoms with Crippen molar-refractivity contribution in [2.24, 2.45) is 0 Å². The molecule has 0 bridgehead atoms. The molecular formula is C13H18ClNO3S. The van der Waals surface area contributed by atoms with Crippen molar-refractivity contribution in [3.63, 3.8) is 0 Å². The van der Waals surface area contributed by atoms with Crippen LogP contribution in [0.25, 0.3) is 0 Å². The van der Waals surface area contributed by atoms with E-state index in [4.69, 9.17) is 16.3 Å². The van der Waals surface area contributed by atoms with E-state index in [0.717, 1.165) is 12.8 Å². The minimum absolute atomic E-state index is 0.159. The molecule has 0 spiro atoms. The van der Waals surface area contributed by atoms with Crippen molar-refractivity contribution in [3.05, 3.63) is 28.8 Å². The molecule has 0 radical (unpaired) electrons. The summed E-state index contributed by atoms with van der Waals surface area (Å²) >= 11 is 6.00. The van der Waals surface area contributed by atoms with Gasteiger partial charge in [0, 0.05) is 25.2 Å². The van der Waals surface area contributed by atoms with E-state index in [1.54, 1.807) is 32.2 Å². The summed E-state index contributed by atoms with van der Waals surface area (Å²) in [5.41, 5.74) is 0.609. The predicted octanol–water partition coefficient (Wildman–Crippen LogP) is 2.45. The molecule has 4 nitrogen and oxygen atoms in total. The number of piperidine rings is 1. The zero-order valence-corrected chi connectivity index (χ0v) is 12.7. The Hall–Kier alpha value is -0.620. The molecule has 0 N–H and O–H groups in total.